The lowest BCUT2D eigenvalue weighted by atomic mass is 10.2. The number of rotatable bonds is 15. The van der Waals surface area contributed by atoms with Crippen LogP contribution in [0.3, 0.4) is 0 Å². The van der Waals surface area contributed by atoms with E-state index in [1.54, 1.807) is 18.9 Å². The Morgan fingerprint density at radius 1 is 1.20 bits per heavy atom. The molecular weight excluding hydrogens is 286 g/mol. The molecule has 0 aromatic heterocycles. The molecule has 20 heavy (non-hydrogen) atoms. The van der Waals surface area contributed by atoms with Gasteiger partial charge in [-0.3, -0.25) is 4.79 Å². The average Bonchev–Trinajstić information content (AvgIpc) is 2.43. The van der Waals surface area contributed by atoms with Crippen LogP contribution in [0.4, 0.5) is 0 Å². The van der Waals surface area contributed by atoms with Crippen LogP contribution in [0.5, 0.6) is 0 Å². The smallest absolute Gasteiger partial charge is 0.326 e. The van der Waals surface area contributed by atoms with E-state index in [2.05, 4.69) is 5.32 Å². The number of carbonyl (C=O) groups is 2. The van der Waals surface area contributed by atoms with Crippen LogP contribution in [-0.2, 0) is 23.8 Å². The Hall–Kier alpha value is -0.830. The third kappa shape index (κ3) is 12.2. The number of amides is 1. The summed E-state index contributed by atoms with van der Waals surface area (Å²) in [6.07, 6.45) is 0.814. The molecule has 0 aromatic carbocycles. The molecule has 0 radical (unpaired) electrons. The first-order chi connectivity index (χ1) is 9.72. The second kappa shape index (κ2) is 14.6. The number of nitrogens with one attached hydrogen (secondary N) is 1. The molecule has 2 N–H and O–H groups in total. The summed E-state index contributed by atoms with van der Waals surface area (Å²) >= 11 is 1.59. The number of methoxy groups -OCH3 is 1. The van der Waals surface area contributed by atoms with Gasteiger partial charge in [-0.2, -0.15) is 11.8 Å². The maximum Gasteiger partial charge on any atom is 0.326 e. The van der Waals surface area contributed by atoms with Gasteiger partial charge in [0.15, 0.2) is 0 Å². The fraction of sp³-hybridized carbons (Fsp3) is 0.833. The summed E-state index contributed by atoms with van der Waals surface area (Å²) < 4.78 is 15.4. The fourth-order valence-corrected chi connectivity index (χ4v) is 2.09. The summed E-state index contributed by atoms with van der Waals surface area (Å²) in [7, 11) is 1.62. The number of carboxylic acid groups (broad SMARTS) is 1. The minimum atomic E-state index is -1.01. The van der Waals surface area contributed by atoms with E-state index in [0.29, 0.717) is 51.6 Å². The zero-order chi connectivity index (χ0) is 15.1. The number of aliphatic carboxylic acids is 1. The molecule has 0 aliphatic rings. The highest BCUT2D eigenvalue weighted by Gasteiger charge is 2.15. The van der Waals surface area contributed by atoms with Gasteiger partial charge in [-0.15, -0.1) is 0 Å². The molecule has 7 nitrogen and oxygen atoms in total. The van der Waals surface area contributed by atoms with E-state index in [-0.39, 0.29) is 0 Å². The van der Waals surface area contributed by atoms with Gasteiger partial charge in [-0.05, 0) is 12.2 Å². The molecule has 0 aliphatic heterocycles. The highest BCUT2D eigenvalue weighted by atomic mass is 32.2. The minimum Gasteiger partial charge on any atom is -0.480 e. The van der Waals surface area contributed by atoms with Crippen molar-refractivity contribution in [2.75, 3.05) is 51.6 Å². The summed E-state index contributed by atoms with van der Waals surface area (Å²) in [5.74, 6) is 0.430. The number of hydrogen-bond donors (Lipinski definition) is 2. The first-order valence-electron chi connectivity index (χ1n) is 6.37. The summed E-state index contributed by atoms with van der Waals surface area (Å²) in [6, 6.07) is -0.810. The maximum absolute atomic E-state index is 10.7. The molecule has 0 bridgehead atoms. The van der Waals surface area contributed by atoms with Gasteiger partial charge in [0.25, 0.3) is 0 Å². The lowest BCUT2D eigenvalue weighted by molar-refractivity contribution is -0.140. The van der Waals surface area contributed by atoms with Crippen LogP contribution in [0.25, 0.3) is 0 Å². The van der Waals surface area contributed by atoms with Crippen molar-refractivity contribution in [2.45, 2.75) is 12.5 Å². The van der Waals surface area contributed by atoms with Gasteiger partial charge >= 0.3 is 5.97 Å². The Bertz CT molecular complexity index is 254. The molecule has 1 unspecified atom stereocenters. The quantitative estimate of drug-likeness (QED) is 0.324. The van der Waals surface area contributed by atoms with Crippen molar-refractivity contribution >= 4 is 24.1 Å². The molecule has 0 aliphatic carbocycles. The van der Waals surface area contributed by atoms with E-state index in [9.17, 15) is 9.59 Å². The fourth-order valence-electron chi connectivity index (χ4n) is 1.25. The van der Waals surface area contributed by atoms with Crippen molar-refractivity contribution in [1.82, 2.24) is 5.32 Å². The molecule has 118 valence electrons. The normalized spacial score (nSPS) is 12.1. The molecule has 0 saturated carbocycles. The van der Waals surface area contributed by atoms with Crippen LogP contribution in [0.15, 0.2) is 0 Å². The number of carbonyl (C=O) groups excluding carboxylic acids is 1. The minimum absolute atomic E-state index is 0.402. The SMILES string of the molecule is COCCOCCOCCSCCC(NC=O)C(=O)O. The van der Waals surface area contributed by atoms with Gasteiger partial charge in [0, 0.05) is 12.9 Å². The van der Waals surface area contributed by atoms with Crippen LogP contribution >= 0.6 is 11.8 Å². The summed E-state index contributed by atoms with van der Waals surface area (Å²) in [5.41, 5.74) is 0. The predicted octanol–water partition coefficient (Wildman–Crippen LogP) is -0.0115. The molecule has 0 fully saturated rings. The Balaban J connectivity index is 3.27. The Morgan fingerprint density at radius 2 is 1.85 bits per heavy atom. The number of ether oxygens (including phenoxy) is 3. The Labute approximate surface area is 123 Å². The zero-order valence-electron chi connectivity index (χ0n) is 11.7. The second-order valence-electron chi connectivity index (χ2n) is 3.79. The van der Waals surface area contributed by atoms with Crippen LogP contribution in [-0.4, -0.2) is 75.2 Å². The third-order valence-electron chi connectivity index (χ3n) is 2.29. The highest BCUT2D eigenvalue weighted by Crippen LogP contribution is 2.05. The first-order valence-corrected chi connectivity index (χ1v) is 7.52. The number of thioether (sulfide) groups is 1. The third-order valence-corrected chi connectivity index (χ3v) is 3.27. The average molecular weight is 309 g/mol. The van der Waals surface area contributed by atoms with E-state index < -0.39 is 12.0 Å². The Kier molecular flexibility index (Phi) is 14.0. The summed E-state index contributed by atoms with van der Waals surface area (Å²) in [4.78, 5) is 20.9. The predicted molar refractivity (Wildman–Crippen MR) is 76.1 cm³/mol. The van der Waals surface area contributed by atoms with Gasteiger partial charge in [0.1, 0.15) is 6.04 Å². The van der Waals surface area contributed by atoms with E-state index in [4.69, 9.17) is 19.3 Å². The zero-order valence-corrected chi connectivity index (χ0v) is 12.5. The van der Waals surface area contributed by atoms with Crippen molar-refractivity contribution in [2.24, 2.45) is 0 Å². The molecule has 8 heteroatoms. The largest absolute Gasteiger partial charge is 0.480 e. The lowest BCUT2D eigenvalue weighted by Gasteiger charge is -2.10. The van der Waals surface area contributed by atoms with Crippen molar-refractivity contribution in [3.63, 3.8) is 0 Å². The second-order valence-corrected chi connectivity index (χ2v) is 5.02. The van der Waals surface area contributed by atoms with Crippen molar-refractivity contribution in [3.8, 4) is 0 Å². The standard InChI is InChI=1S/C12H23NO6S/c1-17-3-4-18-5-6-19-7-9-20-8-2-11(12(15)16)13-10-14/h10-11H,2-9H2,1H3,(H,13,14)(H,15,16). The van der Waals surface area contributed by atoms with Crippen molar-refractivity contribution in [3.05, 3.63) is 0 Å². The van der Waals surface area contributed by atoms with E-state index in [0.717, 1.165) is 5.75 Å². The van der Waals surface area contributed by atoms with Gasteiger partial charge in [0.05, 0.1) is 33.0 Å². The maximum atomic E-state index is 10.7. The van der Waals surface area contributed by atoms with Gasteiger partial charge in [-0.25, -0.2) is 4.79 Å². The molecule has 0 saturated heterocycles. The topological polar surface area (TPSA) is 94.1 Å². The molecular formula is C12H23NO6S. The first kappa shape index (κ1) is 19.2. The van der Waals surface area contributed by atoms with Crippen LogP contribution in [0, 0.1) is 0 Å². The van der Waals surface area contributed by atoms with Gasteiger partial charge < -0.3 is 24.6 Å². The van der Waals surface area contributed by atoms with Crippen LogP contribution in [0.1, 0.15) is 6.42 Å². The molecule has 0 aromatic rings. The molecule has 0 rings (SSSR count). The van der Waals surface area contributed by atoms with E-state index >= 15 is 0 Å². The van der Waals surface area contributed by atoms with E-state index in [1.807, 2.05) is 0 Å². The van der Waals surface area contributed by atoms with Crippen LogP contribution < -0.4 is 5.32 Å². The molecule has 0 heterocycles. The lowest BCUT2D eigenvalue weighted by Crippen LogP contribution is -2.36. The molecule has 0 spiro atoms. The Morgan fingerprint density at radius 3 is 2.45 bits per heavy atom. The van der Waals surface area contributed by atoms with Crippen LogP contribution in [0.2, 0.25) is 0 Å². The number of carboxylic acids is 1. The molecule has 1 atom stereocenters. The van der Waals surface area contributed by atoms with Gasteiger partial charge in [-0.1, -0.05) is 0 Å². The van der Waals surface area contributed by atoms with Crippen molar-refractivity contribution in [1.29, 1.82) is 0 Å². The monoisotopic (exact) mass is 309 g/mol. The number of hydrogen-bond acceptors (Lipinski definition) is 6. The van der Waals surface area contributed by atoms with Crippen molar-refractivity contribution < 1.29 is 28.9 Å². The van der Waals surface area contributed by atoms with E-state index in [1.165, 1.54) is 0 Å². The molecule has 1 amide bonds. The summed E-state index contributed by atoms with van der Waals surface area (Å²) in [5, 5.41) is 11.1. The van der Waals surface area contributed by atoms with Gasteiger partial charge in [0.2, 0.25) is 6.41 Å². The summed E-state index contributed by atoms with van der Waals surface area (Å²) in [6.45, 7) is 2.81. The highest BCUT2D eigenvalue weighted by molar-refractivity contribution is 7.99.